The van der Waals surface area contributed by atoms with Crippen LogP contribution in [0.3, 0.4) is 0 Å². The average Bonchev–Trinajstić information content (AvgIpc) is 3.52. The Labute approximate surface area is 191 Å². The molecule has 0 aromatic rings. The largest absolute Gasteiger partial charge is 0.393 e. The van der Waals surface area contributed by atoms with E-state index in [0.717, 1.165) is 49.4 Å². The molecule has 0 unspecified atom stereocenters. The van der Waals surface area contributed by atoms with Crippen molar-refractivity contribution in [3.05, 3.63) is 11.6 Å². The molecular formula is C29H48O2. The molecule has 5 aliphatic rings. The third-order valence-electron chi connectivity index (χ3n) is 11.8. The fraction of sp³-hybridized carbons (Fsp3) is 0.931. The van der Waals surface area contributed by atoms with Gasteiger partial charge >= 0.3 is 0 Å². The SMILES string of the molecule is CC[C@]1(O)CC[C@@]2(C)C(=CC[C@H]3[C@@H]4CC[C@H]([C@H](C)[C@H](O)CCC5CC5)[C@@]4(C)CC[C@@H]32)C1. The second-order valence-electron chi connectivity index (χ2n) is 13.2. The van der Waals surface area contributed by atoms with Crippen LogP contribution in [0, 0.1) is 46.3 Å². The van der Waals surface area contributed by atoms with Gasteiger partial charge in [0.25, 0.3) is 0 Å². The topological polar surface area (TPSA) is 40.5 Å². The lowest BCUT2D eigenvalue weighted by Gasteiger charge is -2.59. The Bertz CT molecular complexity index is 710. The fourth-order valence-corrected chi connectivity index (χ4v) is 9.26. The van der Waals surface area contributed by atoms with Gasteiger partial charge in [-0.05, 0) is 117 Å². The van der Waals surface area contributed by atoms with E-state index in [-0.39, 0.29) is 6.10 Å². The van der Waals surface area contributed by atoms with Crippen molar-refractivity contribution in [2.24, 2.45) is 46.3 Å². The molecule has 0 heterocycles. The highest BCUT2D eigenvalue weighted by atomic mass is 16.3. The first-order valence-corrected chi connectivity index (χ1v) is 13.8. The molecule has 0 radical (unpaired) electrons. The normalized spacial score (nSPS) is 48.9. The second-order valence-corrected chi connectivity index (χ2v) is 13.2. The van der Waals surface area contributed by atoms with E-state index in [1.54, 1.807) is 5.57 Å². The molecule has 9 atom stereocenters. The summed E-state index contributed by atoms with van der Waals surface area (Å²) < 4.78 is 0. The molecular weight excluding hydrogens is 380 g/mol. The lowest BCUT2D eigenvalue weighted by atomic mass is 9.46. The smallest absolute Gasteiger partial charge is 0.0682 e. The minimum Gasteiger partial charge on any atom is -0.393 e. The molecule has 176 valence electrons. The van der Waals surface area contributed by atoms with Gasteiger partial charge < -0.3 is 10.2 Å². The van der Waals surface area contributed by atoms with Crippen molar-refractivity contribution in [2.75, 3.05) is 0 Å². The molecule has 4 fully saturated rings. The van der Waals surface area contributed by atoms with Crippen molar-refractivity contribution in [1.29, 1.82) is 0 Å². The molecule has 0 saturated heterocycles. The first kappa shape index (κ1) is 22.5. The Morgan fingerprint density at radius 1 is 1.03 bits per heavy atom. The predicted molar refractivity (Wildman–Crippen MR) is 128 cm³/mol. The monoisotopic (exact) mass is 428 g/mol. The van der Waals surface area contributed by atoms with Gasteiger partial charge in [-0.25, -0.2) is 0 Å². The summed E-state index contributed by atoms with van der Waals surface area (Å²) in [5, 5.41) is 22.0. The molecule has 0 aromatic heterocycles. The van der Waals surface area contributed by atoms with Gasteiger partial charge in [0.05, 0.1) is 11.7 Å². The van der Waals surface area contributed by atoms with Gasteiger partial charge in [-0.3, -0.25) is 0 Å². The molecule has 31 heavy (non-hydrogen) atoms. The zero-order valence-corrected chi connectivity index (χ0v) is 20.7. The minimum atomic E-state index is -0.453. The third kappa shape index (κ3) is 3.67. The number of hydrogen-bond acceptors (Lipinski definition) is 2. The molecule has 0 spiro atoms. The number of aliphatic hydroxyl groups is 2. The Morgan fingerprint density at radius 2 is 1.81 bits per heavy atom. The fourth-order valence-electron chi connectivity index (χ4n) is 9.26. The van der Waals surface area contributed by atoms with Crippen molar-refractivity contribution in [3.63, 3.8) is 0 Å². The third-order valence-corrected chi connectivity index (χ3v) is 11.8. The highest BCUT2D eigenvalue weighted by Gasteiger charge is 2.60. The number of fused-ring (bicyclic) bond motifs is 5. The van der Waals surface area contributed by atoms with Crippen LogP contribution in [-0.2, 0) is 0 Å². The molecule has 5 aliphatic carbocycles. The summed E-state index contributed by atoms with van der Waals surface area (Å²) in [7, 11) is 0. The van der Waals surface area contributed by atoms with Crippen LogP contribution < -0.4 is 0 Å². The maximum atomic E-state index is 11.0. The predicted octanol–water partition coefficient (Wildman–Crippen LogP) is 6.89. The summed E-state index contributed by atoms with van der Waals surface area (Å²) >= 11 is 0. The quantitative estimate of drug-likeness (QED) is 0.452. The van der Waals surface area contributed by atoms with E-state index in [4.69, 9.17) is 0 Å². The summed E-state index contributed by atoms with van der Waals surface area (Å²) in [6.07, 6.45) is 18.2. The maximum Gasteiger partial charge on any atom is 0.0682 e. The minimum absolute atomic E-state index is 0.0978. The van der Waals surface area contributed by atoms with Crippen molar-refractivity contribution >= 4 is 0 Å². The van der Waals surface area contributed by atoms with Crippen LogP contribution >= 0.6 is 0 Å². The summed E-state index contributed by atoms with van der Waals surface area (Å²) in [5.41, 5.74) is 1.87. The van der Waals surface area contributed by atoms with Gasteiger partial charge in [0.2, 0.25) is 0 Å². The van der Waals surface area contributed by atoms with Crippen LogP contribution in [0.25, 0.3) is 0 Å². The van der Waals surface area contributed by atoms with Gasteiger partial charge in [0.1, 0.15) is 0 Å². The van der Waals surface area contributed by atoms with E-state index in [1.165, 1.54) is 57.8 Å². The molecule has 0 aromatic carbocycles. The van der Waals surface area contributed by atoms with E-state index in [2.05, 4.69) is 33.8 Å². The van der Waals surface area contributed by atoms with Crippen molar-refractivity contribution in [3.8, 4) is 0 Å². The lowest BCUT2D eigenvalue weighted by Crippen LogP contribution is -2.52. The number of allylic oxidation sites excluding steroid dienone is 1. The molecule has 2 heteroatoms. The highest BCUT2D eigenvalue weighted by molar-refractivity contribution is 5.27. The Hall–Kier alpha value is -0.340. The average molecular weight is 429 g/mol. The standard InChI is InChI=1S/C29H48O2/c1-5-29(31)17-16-27(3)21(18-29)9-10-22-24-12-11-23(28(24,4)15-14-25(22)27)19(2)26(30)13-8-20-6-7-20/h9,19-20,22-26,30-31H,5-8,10-18H2,1-4H3/t19-,22-,23+,24-,25-,26+,27-,28+,29-/m0/s1. The summed E-state index contributed by atoms with van der Waals surface area (Å²) in [6.45, 7) is 9.67. The molecule has 0 amide bonds. The van der Waals surface area contributed by atoms with Gasteiger partial charge in [-0.2, -0.15) is 0 Å². The number of hydrogen-bond donors (Lipinski definition) is 2. The lowest BCUT2D eigenvalue weighted by molar-refractivity contribution is -0.0817. The summed E-state index contributed by atoms with van der Waals surface area (Å²) in [5.74, 6) is 4.53. The van der Waals surface area contributed by atoms with Crippen LogP contribution in [0.1, 0.15) is 111 Å². The van der Waals surface area contributed by atoms with E-state index >= 15 is 0 Å². The molecule has 2 nitrogen and oxygen atoms in total. The van der Waals surface area contributed by atoms with Gasteiger partial charge in [-0.15, -0.1) is 0 Å². The van der Waals surface area contributed by atoms with E-state index in [0.29, 0.717) is 22.7 Å². The van der Waals surface area contributed by atoms with Gasteiger partial charge in [0, 0.05) is 0 Å². The zero-order chi connectivity index (χ0) is 22.0. The van der Waals surface area contributed by atoms with Crippen LogP contribution in [0.4, 0.5) is 0 Å². The van der Waals surface area contributed by atoms with Crippen LogP contribution in [0.2, 0.25) is 0 Å². The molecule has 0 bridgehead atoms. The van der Waals surface area contributed by atoms with Crippen molar-refractivity contribution < 1.29 is 10.2 Å². The number of rotatable bonds is 6. The van der Waals surface area contributed by atoms with Crippen LogP contribution in [0.15, 0.2) is 11.6 Å². The highest BCUT2D eigenvalue weighted by Crippen LogP contribution is 2.67. The Morgan fingerprint density at radius 3 is 2.52 bits per heavy atom. The first-order valence-electron chi connectivity index (χ1n) is 13.8. The second kappa shape index (κ2) is 7.86. The summed E-state index contributed by atoms with van der Waals surface area (Å²) in [6, 6.07) is 0. The van der Waals surface area contributed by atoms with E-state index in [9.17, 15) is 10.2 Å². The van der Waals surface area contributed by atoms with Crippen molar-refractivity contribution in [2.45, 2.75) is 123 Å². The van der Waals surface area contributed by atoms with Gasteiger partial charge in [0.15, 0.2) is 0 Å². The first-order chi connectivity index (χ1) is 14.7. The Balaban J connectivity index is 1.32. The van der Waals surface area contributed by atoms with E-state index < -0.39 is 5.60 Å². The van der Waals surface area contributed by atoms with Gasteiger partial charge in [-0.1, -0.05) is 52.2 Å². The Kier molecular flexibility index (Phi) is 5.70. The maximum absolute atomic E-state index is 11.0. The molecule has 4 saturated carbocycles. The number of aliphatic hydroxyl groups excluding tert-OH is 1. The van der Waals surface area contributed by atoms with Crippen LogP contribution in [-0.4, -0.2) is 21.9 Å². The molecule has 5 rings (SSSR count). The van der Waals surface area contributed by atoms with Crippen molar-refractivity contribution in [1.82, 2.24) is 0 Å². The molecule has 0 aliphatic heterocycles. The van der Waals surface area contributed by atoms with Crippen LogP contribution in [0.5, 0.6) is 0 Å². The molecule has 2 N–H and O–H groups in total. The zero-order valence-electron chi connectivity index (χ0n) is 20.7. The summed E-state index contributed by atoms with van der Waals surface area (Å²) in [4.78, 5) is 0. The van der Waals surface area contributed by atoms with E-state index in [1.807, 2.05) is 0 Å².